The van der Waals surface area contributed by atoms with Gasteiger partial charge in [-0.1, -0.05) is 88.1 Å². The highest BCUT2D eigenvalue weighted by Crippen LogP contribution is 2.17. The highest BCUT2D eigenvalue weighted by molar-refractivity contribution is 5.14. The third kappa shape index (κ3) is 6.56. The van der Waals surface area contributed by atoms with Crippen LogP contribution in [0.3, 0.4) is 0 Å². The highest BCUT2D eigenvalue weighted by Gasteiger charge is 2.08. The van der Waals surface area contributed by atoms with E-state index in [-0.39, 0.29) is 0 Å². The number of rotatable bonds is 3. The van der Waals surface area contributed by atoms with Crippen LogP contribution in [-0.4, -0.2) is 6.04 Å². The molecule has 1 fully saturated rings. The largest absolute Gasteiger partial charge is 0.310 e. The SMILES string of the molecule is c1ccc(CNC2CCCCCCCCCCC2)cc1. The number of hydrogen-bond acceptors (Lipinski definition) is 1. The molecule has 0 saturated heterocycles. The normalized spacial score (nSPS) is 20.0. The molecule has 1 aliphatic rings. The molecule has 2 rings (SSSR count). The van der Waals surface area contributed by atoms with E-state index in [2.05, 4.69) is 35.6 Å². The zero-order valence-corrected chi connectivity index (χ0v) is 12.9. The van der Waals surface area contributed by atoms with Crippen LogP contribution in [0.2, 0.25) is 0 Å². The van der Waals surface area contributed by atoms with Gasteiger partial charge in [0.2, 0.25) is 0 Å². The van der Waals surface area contributed by atoms with Gasteiger partial charge >= 0.3 is 0 Å². The Morgan fingerprint density at radius 3 is 1.75 bits per heavy atom. The molecule has 1 nitrogen and oxygen atoms in total. The minimum absolute atomic E-state index is 0.731. The summed E-state index contributed by atoms with van der Waals surface area (Å²) in [4.78, 5) is 0. The van der Waals surface area contributed by atoms with Crippen molar-refractivity contribution in [3.8, 4) is 0 Å². The summed E-state index contributed by atoms with van der Waals surface area (Å²) < 4.78 is 0. The summed E-state index contributed by atoms with van der Waals surface area (Å²) >= 11 is 0. The predicted molar refractivity (Wildman–Crippen MR) is 87.9 cm³/mol. The van der Waals surface area contributed by atoms with Crippen molar-refractivity contribution in [3.63, 3.8) is 0 Å². The lowest BCUT2D eigenvalue weighted by molar-refractivity contribution is 0.403. The van der Waals surface area contributed by atoms with Crippen LogP contribution in [0.1, 0.15) is 76.2 Å². The Balaban J connectivity index is 1.74. The van der Waals surface area contributed by atoms with E-state index in [4.69, 9.17) is 0 Å². The Kier molecular flexibility index (Phi) is 7.77. The summed E-state index contributed by atoms with van der Waals surface area (Å²) in [7, 11) is 0. The molecule has 0 spiro atoms. The zero-order valence-electron chi connectivity index (χ0n) is 12.9. The summed E-state index contributed by atoms with van der Waals surface area (Å²) in [6.45, 7) is 1.03. The maximum absolute atomic E-state index is 3.79. The van der Waals surface area contributed by atoms with E-state index < -0.39 is 0 Å². The molecule has 0 atom stereocenters. The number of hydrogen-bond donors (Lipinski definition) is 1. The first kappa shape index (κ1) is 15.6. The Morgan fingerprint density at radius 2 is 1.20 bits per heavy atom. The standard InChI is InChI=1S/C19H31N/c1-2-4-6-11-15-19(16-12-7-5-3-1)20-17-18-13-9-8-10-14-18/h8-10,13-14,19-20H,1-7,11-12,15-17H2. The fourth-order valence-electron chi connectivity index (χ4n) is 3.23. The van der Waals surface area contributed by atoms with Gasteiger partial charge in [-0.3, -0.25) is 0 Å². The Morgan fingerprint density at radius 1 is 0.700 bits per heavy atom. The van der Waals surface area contributed by atoms with Crippen LogP contribution in [0.4, 0.5) is 0 Å². The molecule has 1 aromatic rings. The molecule has 1 aromatic carbocycles. The molecule has 1 heteroatoms. The Labute approximate surface area is 125 Å². The van der Waals surface area contributed by atoms with E-state index in [9.17, 15) is 0 Å². The van der Waals surface area contributed by atoms with Crippen LogP contribution in [0, 0.1) is 0 Å². The molecule has 1 saturated carbocycles. The van der Waals surface area contributed by atoms with Gasteiger partial charge in [0.1, 0.15) is 0 Å². The fraction of sp³-hybridized carbons (Fsp3) is 0.684. The van der Waals surface area contributed by atoms with Crippen LogP contribution in [0.25, 0.3) is 0 Å². The summed E-state index contributed by atoms with van der Waals surface area (Å²) in [6.07, 6.45) is 15.7. The predicted octanol–water partition coefficient (Wildman–Crippen LogP) is 5.45. The average Bonchev–Trinajstić information content (AvgIpc) is 2.48. The smallest absolute Gasteiger partial charge is 0.0208 e. The van der Waals surface area contributed by atoms with Crippen LogP contribution < -0.4 is 5.32 Å². The molecule has 0 aliphatic heterocycles. The van der Waals surface area contributed by atoms with Crippen molar-refractivity contribution in [2.45, 2.75) is 83.2 Å². The molecule has 1 N–H and O–H groups in total. The third-order valence-corrected chi connectivity index (χ3v) is 4.54. The second kappa shape index (κ2) is 9.99. The van der Waals surface area contributed by atoms with Gasteiger partial charge in [-0.15, -0.1) is 0 Å². The molecule has 1 aliphatic carbocycles. The minimum Gasteiger partial charge on any atom is -0.310 e. The van der Waals surface area contributed by atoms with Crippen LogP contribution in [0.5, 0.6) is 0 Å². The average molecular weight is 273 g/mol. The maximum Gasteiger partial charge on any atom is 0.0208 e. The van der Waals surface area contributed by atoms with E-state index in [1.165, 1.54) is 76.2 Å². The van der Waals surface area contributed by atoms with Crippen molar-refractivity contribution in [1.82, 2.24) is 5.32 Å². The Bertz CT molecular complexity index is 321. The fourth-order valence-corrected chi connectivity index (χ4v) is 3.23. The van der Waals surface area contributed by atoms with E-state index in [0.717, 1.165) is 12.6 Å². The molecule has 0 heterocycles. The summed E-state index contributed by atoms with van der Waals surface area (Å²) in [5, 5.41) is 3.79. The van der Waals surface area contributed by atoms with E-state index in [1.54, 1.807) is 0 Å². The van der Waals surface area contributed by atoms with Gasteiger partial charge < -0.3 is 5.32 Å². The van der Waals surface area contributed by atoms with E-state index in [1.807, 2.05) is 0 Å². The van der Waals surface area contributed by atoms with Gasteiger partial charge in [0.15, 0.2) is 0 Å². The van der Waals surface area contributed by atoms with Gasteiger partial charge in [0, 0.05) is 12.6 Å². The molecular weight excluding hydrogens is 242 g/mol. The molecular formula is C19H31N. The molecule has 0 bridgehead atoms. The maximum atomic E-state index is 3.79. The van der Waals surface area contributed by atoms with Crippen molar-refractivity contribution in [2.75, 3.05) is 0 Å². The second-order valence-corrected chi connectivity index (χ2v) is 6.32. The van der Waals surface area contributed by atoms with E-state index in [0.29, 0.717) is 0 Å². The van der Waals surface area contributed by atoms with Crippen molar-refractivity contribution in [3.05, 3.63) is 35.9 Å². The van der Waals surface area contributed by atoms with Crippen LogP contribution in [-0.2, 0) is 6.54 Å². The molecule has 0 radical (unpaired) electrons. The third-order valence-electron chi connectivity index (χ3n) is 4.54. The molecule has 0 amide bonds. The first-order chi connectivity index (χ1) is 9.95. The van der Waals surface area contributed by atoms with Gasteiger partial charge in [-0.25, -0.2) is 0 Å². The molecule has 112 valence electrons. The minimum atomic E-state index is 0.731. The number of nitrogens with one attached hydrogen (secondary N) is 1. The van der Waals surface area contributed by atoms with Crippen molar-refractivity contribution in [1.29, 1.82) is 0 Å². The van der Waals surface area contributed by atoms with Crippen molar-refractivity contribution >= 4 is 0 Å². The summed E-state index contributed by atoms with van der Waals surface area (Å²) in [6, 6.07) is 11.6. The highest BCUT2D eigenvalue weighted by atomic mass is 14.9. The molecule has 0 unspecified atom stereocenters. The van der Waals surface area contributed by atoms with Gasteiger partial charge in [0.05, 0.1) is 0 Å². The Hall–Kier alpha value is -0.820. The molecule has 20 heavy (non-hydrogen) atoms. The lowest BCUT2D eigenvalue weighted by Crippen LogP contribution is -2.28. The first-order valence-electron chi connectivity index (χ1n) is 8.72. The van der Waals surface area contributed by atoms with E-state index >= 15 is 0 Å². The zero-order chi connectivity index (χ0) is 13.9. The first-order valence-corrected chi connectivity index (χ1v) is 8.72. The molecule has 0 aromatic heterocycles. The number of benzene rings is 1. The van der Waals surface area contributed by atoms with Gasteiger partial charge in [0.25, 0.3) is 0 Å². The van der Waals surface area contributed by atoms with Gasteiger partial charge in [-0.2, -0.15) is 0 Å². The van der Waals surface area contributed by atoms with Crippen LogP contribution >= 0.6 is 0 Å². The lowest BCUT2D eigenvalue weighted by Gasteiger charge is -2.19. The van der Waals surface area contributed by atoms with Crippen LogP contribution in [0.15, 0.2) is 30.3 Å². The second-order valence-electron chi connectivity index (χ2n) is 6.32. The van der Waals surface area contributed by atoms with Gasteiger partial charge in [-0.05, 0) is 18.4 Å². The lowest BCUT2D eigenvalue weighted by atomic mass is 9.98. The monoisotopic (exact) mass is 273 g/mol. The summed E-state index contributed by atoms with van der Waals surface area (Å²) in [5.41, 5.74) is 1.42. The topological polar surface area (TPSA) is 12.0 Å². The van der Waals surface area contributed by atoms with Crippen molar-refractivity contribution < 1.29 is 0 Å². The summed E-state index contributed by atoms with van der Waals surface area (Å²) in [5.74, 6) is 0. The quantitative estimate of drug-likeness (QED) is 0.772. The van der Waals surface area contributed by atoms with Crippen molar-refractivity contribution in [2.24, 2.45) is 0 Å².